The molecule has 0 radical (unpaired) electrons. The summed E-state index contributed by atoms with van der Waals surface area (Å²) in [6, 6.07) is 4.97. The first-order chi connectivity index (χ1) is 8.52. The van der Waals surface area contributed by atoms with Gasteiger partial charge in [0.1, 0.15) is 6.04 Å². The van der Waals surface area contributed by atoms with Crippen LogP contribution in [0.15, 0.2) is 24.3 Å². The number of hydrogen-bond acceptors (Lipinski definition) is 3. The minimum absolute atomic E-state index is 0.256. The summed E-state index contributed by atoms with van der Waals surface area (Å²) in [7, 11) is 0. The van der Waals surface area contributed by atoms with Crippen LogP contribution in [0.25, 0.3) is 0 Å². The van der Waals surface area contributed by atoms with Gasteiger partial charge in [-0.25, -0.2) is 9.59 Å². The van der Waals surface area contributed by atoms with Crippen LogP contribution in [0, 0.1) is 0 Å². The number of hydrogen-bond donors (Lipinski definition) is 4. The molecule has 0 aliphatic rings. The Morgan fingerprint density at radius 2 is 1.94 bits per heavy atom. The van der Waals surface area contributed by atoms with Crippen molar-refractivity contribution in [1.82, 2.24) is 5.32 Å². The van der Waals surface area contributed by atoms with E-state index >= 15 is 0 Å². The highest BCUT2D eigenvalue weighted by Crippen LogP contribution is 2.13. The number of carboxylic acids is 1. The fourth-order valence-electron chi connectivity index (χ4n) is 1.25. The van der Waals surface area contributed by atoms with E-state index in [1.807, 2.05) is 0 Å². The second kappa shape index (κ2) is 7.13. The number of anilines is 1. The fraction of sp³-hybridized carbons (Fsp3) is 0.273. The van der Waals surface area contributed by atoms with Crippen molar-refractivity contribution in [2.24, 2.45) is 0 Å². The Morgan fingerprint density at radius 1 is 1.33 bits per heavy atom. The monoisotopic (exact) mass is 288 g/mol. The molecule has 0 spiro atoms. The largest absolute Gasteiger partial charge is 0.480 e. The van der Waals surface area contributed by atoms with Crippen LogP contribution in [0.1, 0.15) is 6.42 Å². The maximum atomic E-state index is 11.5. The highest BCUT2D eigenvalue weighted by molar-refractivity contribution is 7.80. The van der Waals surface area contributed by atoms with E-state index in [0.29, 0.717) is 16.5 Å². The number of halogens is 1. The summed E-state index contributed by atoms with van der Waals surface area (Å²) in [5.74, 6) is -0.714. The number of rotatable bonds is 5. The number of thiol groups is 1. The number of aliphatic carboxylic acids is 1. The fourth-order valence-corrected chi connectivity index (χ4v) is 1.63. The molecule has 1 aromatic rings. The van der Waals surface area contributed by atoms with Crippen LogP contribution in [-0.2, 0) is 4.79 Å². The lowest BCUT2D eigenvalue weighted by Gasteiger charge is -2.14. The molecule has 0 aliphatic heterocycles. The molecule has 2 amide bonds. The zero-order valence-corrected chi connectivity index (χ0v) is 11.0. The third-order valence-electron chi connectivity index (χ3n) is 2.12. The molecule has 0 aromatic heterocycles. The van der Waals surface area contributed by atoms with Gasteiger partial charge in [-0.3, -0.25) is 0 Å². The first-order valence-corrected chi connectivity index (χ1v) is 6.20. The third-order valence-corrected chi connectivity index (χ3v) is 2.63. The number of carboxylic acid groups (broad SMARTS) is 1. The molecule has 1 unspecified atom stereocenters. The standard InChI is InChI=1S/C11H13ClN2O3S/c12-7-1-3-8(4-2-7)13-11(17)14-9(5-6-18)10(15)16/h1-4,9,18H,5-6H2,(H,15,16)(H2,13,14,17). The molecule has 1 rings (SSSR count). The Morgan fingerprint density at radius 3 is 2.44 bits per heavy atom. The molecule has 1 atom stereocenters. The van der Waals surface area contributed by atoms with Crippen LogP contribution in [0.3, 0.4) is 0 Å². The van der Waals surface area contributed by atoms with E-state index in [1.165, 1.54) is 0 Å². The highest BCUT2D eigenvalue weighted by Gasteiger charge is 2.18. The highest BCUT2D eigenvalue weighted by atomic mass is 35.5. The molecule has 0 saturated heterocycles. The summed E-state index contributed by atoms with van der Waals surface area (Å²) in [6.07, 6.45) is 0.256. The Labute approximate surface area is 115 Å². The van der Waals surface area contributed by atoms with E-state index in [2.05, 4.69) is 23.3 Å². The molecule has 0 aliphatic carbocycles. The summed E-state index contributed by atoms with van der Waals surface area (Å²) < 4.78 is 0. The first kappa shape index (κ1) is 14.7. The van der Waals surface area contributed by atoms with Crippen LogP contribution in [0.4, 0.5) is 10.5 Å². The van der Waals surface area contributed by atoms with Crippen molar-refractivity contribution in [2.45, 2.75) is 12.5 Å². The van der Waals surface area contributed by atoms with Crippen LogP contribution in [0.2, 0.25) is 5.02 Å². The van der Waals surface area contributed by atoms with Gasteiger partial charge in [0.05, 0.1) is 0 Å². The van der Waals surface area contributed by atoms with Crippen molar-refractivity contribution in [3.63, 3.8) is 0 Å². The summed E-state index contributed by atoms with van der Waals surface area (Å²) >= 11 is 9.64. The lowest BCUT2D eigenvalue weighted by atomic mass is 10.2. The molecular formula is C11H13ClN2O3S. The molecule has 1 aromatic carbocycles. The maximum absolute atomic E-state index is 11.5. The molecule has 5 nitrogen and oxygen atoms in total. The smallest absolute Gasteiger partial charge is 0.326 e. The summed E-state index contributed by atoms with van der Waals surface area (Å²) in [5, 5.41) is 14.3. The lowest BCUT2D eigenvalue weighted by Crippen LogP contribution is -2.43. The van der Waals surface area contributed by atoms with Gasteiger partial charge in [-0.15, -0.1) is 0 Å². The SMILES string of the molecule is O=C(Nc1ccc(Cl)cc1)NC(CCS)C(=O)O. The number of urea groups is 1. The third kappa shape index (κ3) is 4.85. The zero-order chi connectivity index (χ0) is 13.5. The van der Waals surface area contributed by atoms with Crippen LogP contribution >= 0.6 is 24.2 Å². The second-order valence-corrected chi connectivity index (χ2v) is 4.39. The van der Waals surface area contributed by atoms with Crippen molar-refractivity contribution >= 4 is 41.9 Å². The second-order valence-electron chi connectivity index (χ2n) is 3.51. The predicted molar refractivity (Wildman–Crippen MR) is 73.5 cm³/mol. The average Bonchev–Trinajstić information content (AvgIpc) is 2.31. The first-order valence-electron chi connectivity index (χ1n) is 5.19. The van der Waals surface area contributed by atoms with Crippen LogP contribution < -0.4 is 10.6 Å². The van der Waals surface area contributed by atoms with Gasteiger partial charge in [0, 0.05) is 10.7 Å². The van der Waals surface area contributed by atoms with Gasteiger partial charge in [-0.1, -0.05) is 11.6 Å². The van der Waals surface area contributed by atoms with Gasteiger partial charge < -0.3 is 15.7 Å². The number of nitrogens with one attached hydrogen (secondary N) is 2. The Hall–Kier alpha value is -1.40. The molecule has 7 heteroatoms. The minimum Gasteiger partial charge on any atom is -0.480 e. The maximum Gasteiger partial charge on any atom is 0.326 e. The van der Waals surface area contributed by atoms with E-state index in [9.17, 15) is 9.59 Å². The molecule has 98 valence electrons. The van der Waals surface area contributed by atoms with Gasteiger partial charge >= 0.3 is 12.0 Å². The Kier molecular flexibility index (Phi) is 5.80. The topological polar surface area (TPSA) is 78.4 Å². The summed E-state index contributed by atoms with van der Waals surface area (Å²) in [4.78, 5) is 22.4. The van der Waals surface area contributed by atoms with E-state index in [1.54, 1.807) is 24.3 Å². The summed E-state index contributed by atoms with van der Waals surface area (Å²) in [5.41, 5.74) is 0.534. The number of carbonyl (C=O) groups excluding carboxylic acids is 1. The lowest BCUT2D eigenvalue weighted by molar-refractivity contribution is -0.139. The van der Waals surface area contributed by atoms with E-state index in [4.69, 9.17) is 16.7 Å². The molecule has 0 fully saturated rings. The molecule has 3 N–H and O–H groups in total. The van der Waals surface area contributed by atoms with Crippen LogP contribution in [0.5, 0.6) is 0 Å². The van der Waals surface area contributed by atoms with Gasteiger partial charge in [0.25, 0.3) is 0 Å². The molecule has 0 heterocycles. The number of benzene rings is 1. The predicted octanol–water partition coefficient (Wildman–Crippen LogP) is 2.23. The zero-order valence-electron chi connectivity index (χ0n) is 9.39. The quantitative estimate of drug-likeness (QED) is 0.628. The van der Waals surface area contributed by atoms with Crippen molar-refractivity contribution in [3.8, 4) is 0 Å². The minimum atomic E-state index is -1.09. The van der Waals surface area contributed by atoms with Crippen molar-refractivity contribution in [2.75, 3.05) is 11.1 Å². The van der Waals surface area contributed by atoms with Gasteiger partial charge in [-0.2, -0.15) is 12.6 Å². The van der Waals surface area contributed by atoms with Crippen molar-refractivity contribution in [1.29, 1.82) is 0 Å². The normalized spacial score (nSPS) is 11.7. The van der Waals surface area contributed by atoms with E-state index < -0.39 is 18.0 Å². The van der Waals surface area contributed by atoms with Gasteiger partial charge in [0.2, 0.25) is 0 Å². The van der Waals surface area contributed by atoms with Crippen molar-refractivity contribution in [3.05, 3.63) is 29.3 Å². The van der Waals surface area contributed by atoms with E-state index in [-0.39, 0.29) is 6.42 Å². The van der Waals surface area contributed by atoms with Gasteiger partial charge in [-0.05, 0) is 36.4 Å². The Bertz CT molecular complexity index is 425. The Balaban J connectivity index is 2.54. The molecule has 18 heavy (non-hydrogen) atoms. The summed E-state index contributed by atoms with van der Waals surface area (Å²) in [6.45, 7) is 0. The molecule has 0 bridgehead atoms. The van der Waals surface area contributed by atoms with E-state index in [0.717, 1.165) is 0 Å². The van der Waals surface area contributed by atoms with Gasteiger partial charge in [0.15, 0.2) is 0 Å². The molecular weight excluding hydrogens is 276 g/mol. The number of amides is 2. The number of carbonyl (C=O) groups is 2. The van der Waals surface area contributed by atoms with Crippen molar-refractivity contribution < 1.29 is 14.7 Å². The average molecular weight is 289 g/mol. The van der Waals surface area contributed by atoms with Crippen LogP contribution in [-0.4, -0.2) is 28.9 Å². The molecule has 0 saturated carbocycles.